The zero-order chi connectivity index (χ0) is 12.3. The Morgan fingerprint density at radius 1 is 1.59 bits per heavy atom. The Morgan fingerprint density at radius 3 is 3.12 bits per heavy atom. The largest absolute Gasteiger partial charge is 0.465 e. The number of nitrogens with zero attached hydrogens (tertiary/aromatic N) is 4. The molecule has 1 fully saturated rings. The molecule has 0 aromatic carbocycles. The second-order valence-corrected chi connectivity index (χ2v) is 4.13. The number of anilines is 1. The molecule has 1 aliphatic heterocycles. The zero-order valence-corrected chi connectivity index (χ0v) is 9.76. The Balaban J connectivity index is 1.97. The second kappa shape index (κ2) is 5.13. The molecule has 17 heavy (non-hydrogen) atoms. The number of carbonyl (C=O) groups is 1. The van der Waals surface area contributed by atoms with E-state index in [0.717, 1.165) is 12.8 Å². The van der Waals surface area contributed by atoms with E-state index in [0.29, 0.717) is 19.0 Å². The summed E-state index contributed by atoms with van der Waals surface area (Å²) in [4.78, 5) is 23.7. The van der Waals surface area contributed by atoms with Crippen LogP contribution in [-0.4, -0.2) is 50.2 Å². The van der Waals surface area contributed by atoms with E-state index < -0.39 is 6.09 Å². The summed E-state index contributed by atoms with van der Waals surface area (Å²) in [5.74, 6) is 0.377. The van der Waals surface area contributed by atoms with E-state index in [2.05, 4.69) is 20.3 Å². The van der Waals surface area contributed by atoms with E-state index in [1.807, 2.05) is 0 Å². The van der Waals surface area contributed by atoms with Crippen molar-refractivity contribution in [1.29, 1.82) is 0 Å². The third kappa shape index (κ3) is 3.16. The van der Waals surface area contributed by atoms with Gasteiger partial charge < -0.3 is 15.3 Å². The molecule has 1 aromatic rings. The van der Waals surface area contributed by atoms with E-state index in [4.69, 9.17) is 16.7 Å². The lowest BCUT2D eigenvalue weighted by Gasteiger charge is -2.31. The van der Waals surface area contributed by atoms with E-state index >= 15 is 0 Å². The van der Waals surface area contributed by atoms with Crippen molar-refractivity contribution in [3.05, 3.63) is 11.6 Å². The van der Waals surface area contributed by atoms with Gasteiger partial charge in [0, 0.05) is 19.1 Å². The molecule has 1 aromatic heterocycles. The van der Waals surface area contributed by atoms with Crippen LogP contribution in [-0.2, 0) is 0 Å². The van der Waals surface area contributed by atoms with Crippen LogP contribution < -0.4 is 5.32 Å². The summed E-state index contributed by atoms with van der Waals surface area (Å²) in [5, 5.41) is 12.1. The Kier molecular flexibility index (Phi) is 3.58. The lowest BCUT2D eigenvalue weighted by atomic mass is 10.1. The van der Waals surface area contributed by atoms with Crippen LogP contribution in [0.15, 0.2) is 6.33 Å². The van der Waals surface area contributed by atoms with Crippen LogP contribution in [0.3, 0.4) is 0 Å². The normalized spacial score (nSPS) is 20.1. The van der Waals surface area contributed by atoms with E-state index in [1.165, 1.54) is 11.2 Å². The maximum atomic E-state index is 10.8. The van der Waals surface area contributed by atoms with Gasteiger partial charge in [0.05, 0.1) is 0 Å². The Labute approximate surface area is 103 Å². The molecule has 7 nitrogen and oxygen atoms in total. The first-order valence-electron chi connectivity index (χ1n) is 5.24. The second-order valence-electron chi connectivity index (χ2n) is 3.79. The molecule has 0 radical (unpaired) electrons. The molecule has 92 valence electrons. The molecule has 2 N–H and O–H groups in total. The van der Waals surface area contributed by atoms with Crippen molar-refractivity contribution in [3.8, 4) is 0 Å². The van der Waals surface area contributed by atoms with Crippen molar-refractivity contribution >= 4 is 23.6 Å². The number of carboxylic acid groups (broad SMARTS) is 1. The van der Waals surface area contributed by atoms with Crippen LogP contribution in [0.2, 0.25) is 5.28 Å². The van der Waals surface area contributed by atoms with Gasteiger partial charge in [-0.1, -0.05) is 0 Å². The summed E-state index contributed by atoms with van der Waals surface area (Å²) in [6.45, 7) is 1.00. The minimum Gasteiger partial charge on any atom is -0.465 e. The summed E-state index contributed by atoms with van der Waals surface area (Å²) in [6.07, 6.45) is 2.12. The minimum absolute atomic E-state index is 0.0123. The van der Waals surface area contributed by atoms with Gasteiger partial charge in [0.2, 0.25) is 11.2 Å². The highest BCUT2D eigenvalue weighted by Crippen LogP contribution is 2.14. The maximum absolute atomic E-state index is 10.8. The number of hydrogen-bond acceptors (Lipinski definition) is 5. The number of likely N-dealkylation sites (tertiary alicyclic amines) is 1. The average molecular weight is 258 g/mol. The Morgan fingerprint density at radius 2 is 2.41 bits per heavy atom. The van der Waals surface area contributed by atoms with Gasteiger partial charge in [-0.15, -0.1) is 0 Å². The molecule has 2 heterocycles. The molecular weight excluding hydrogens is 246 g/mol. The number of hydrogen-bond donors (Lipinski definition) is 2. The van der Waals surface area contributed by atoms with Crippen LogP contribution in [0, 0.1) is 0 Å². The summed E-state index contributed by atoms with van der Waals surface area (Å²) in [5.41, 5.74) is 0. The smallest absolute Gasteiger partial charge is 0.407 e. The predicted octanol–water partition coefficient (Wildman–Crippen LogP) is 1.08. The van der Waals surface area contributed by atoms with Gasteiger partial charge in [0.25, 0.3) is 0 Å². The summed E-state index contributed by atoms with van der Waals surface area (Å²) >= 11 is 5.63. The third-order valence-corrected chi connectivity index (χ3v) is 2.75. The van der Waals surface area contributed by atoms with Crippen LogP contribution in [0.25, 0.3) is 0 Å². The van der Waals surface area contributed by atoms with Gasteiger partial charge in [-0.3, -0.25) is 0 Å². The molecule has 1 amide bonds. The number of aromatic nitrogens is 3. The molecule has 0 spiro atoms. The number of amides is 1. The maximum Gasteiger partial charge on any atom is 0.407 e. The third-order valence-electron chi connectivity index (χ3n) is 2.57. The molecular formula is C9H12ClN5O2. The Bertz CT molecular complexity index is 416. The molecule has 1 saturated heterocycles. The fraction of sp³-hybridized carbons (Fsp3) is 0.556. The Hall–Kier alpha value is -1.63. The number of halogens is 1. The standard InChI is InChI=1S/C9H12ClN5O2/c10-7-11-5-12-8(14-7)13-6-2-1-3-15(4-6)9(16)17/h5-6H,1-4H2,(H,16,17)(H,11,12,13,14)/t6-/m1/s1. The highest BCUT2D eigenvalue weighted by atomic mass is 35.5. The van der Waals surface area contributed by atoms with Crippen molar-refractivity contribution in [3.63, 3.8) is 0 Å². The van der Waals surface area contributed by atoms with Crippen LogP contribution in [0.1, 0.15) is 12.8 Å². The lowest BCUT2D eigenvalue weighted by Crippen LogP contribution is -2.44. The summed E-state index contributed by atoms with van der Waals surface area (Å²) in [7, 11) is 0. The van der Waals surface area contributed by atoms with Crippen LogP contribution >= 0.6 is 11.6 Å². The van der Waals surface area contributed by atoms with Crippen molar-refractivity contribution in [2.24, 2.45) is 0 Å². The van der Waals surface area contributed by atoms with Crippen LogP contribution in [0.4, 0.5) is 10.7 Å². The summed E-state index contributed by atoms with van der Waals surface area (Å²) < 4.78 is 0. The number of nitrogens with one attached hydrogen (secondary N) is 1. The molecule has 1 atom stereocenters. The highest BCUT2D eigenvalue weighted by Gasteiger charge is 2.23. The van der Waals surface area contributed by atoms with Gasteiger partial charge in [0.1, 0.15) is 6.33 Å². The fourth-order valence-electron chi connectivity index (χ4n) is 1.80. The molecule has 0 saturated carbocycles. The fourth-order valence-corrected chi connectivity index (χ4v) is 1.92. The molecule has 0 unspecified atom stereocenters. The minimum atomic E-state index is -0.898. The molecule has 0 aliphatic carbocycles. The average Bonchev–Trinajstić information content (AvgIpc) is 2.29. The molecule has 1 aliphatic rings. The van der Waals surface area contributed by atoms with E-state index in [1.54, 1.807) is 0 Å². The number of piperidine rings is 1. The van der Waals surface area contributed by atoms with E-state index in [9.17, 15) is 4.79 Å². The van der Waals surface area contributed by atoms with Crippen molar-refractivity contribution < 1.29 is 9.90 Å². The SMILES string of the molecule is O=C(O)N1CCC[C@@H](Nc2ncnc(Cl)n2)C1. The first-order valence-corrected chi connectivity index (χ1v) is 5.62. The van der Waals surface area contributed by atoms with Crippen molar-refractivity contribution in [1.82, 2.24) is 19.9 Å². The van der Waals surface area contributed by atoms with Gasteiger partial charge in [0.15, 0.2) is 0 Å². The van der Waals surface area contributed by atoms with Gasteiger partial charge in [-0.2, -0.15) is 4.98 Å². The quantitative estimate of drug-likeness (QED) is 0.824. The van der Waals surface area contributed by atoms with Gasteiger partial charge in [-0.05, 0) is 24.4 Å². The summed E-state index contributed by atoms with van der Waals surface area (Å²) in [6, 6.07) is 0.0123. The van der Waals surface area contributed by atoms with Crippen LogP contribution in [0.5, 0.6) is 0 Å². The molecule has 8 heteroatoms. The predicted molar refractivity (Wildman–Crippen MR) is 61.1 cm³/mol. The van der Waals surface area contributed by atoms with Gasteiger partial charge in [-0.25, -0.2) is 14.8 Å². The molecule has 0 bridgehead atoms. The van der Waals surface area contributed by atoms with Crippen molar-refractivity contribution in [2.45, 2.75) is 18.9 Å². The molecule has 2 rings (SSSR count). The van der Waals surface area contributed by atoms with E-state index in [-0.39, 0.29) is 11.3 Å². The highest BCUT2D eigenvalue weighted by molar-refractivity contribution is 6.28. The first kappa shape index (κ1) is 11.8. The zero-order valence-electron chi connectivity index (χ0n) is 9.01. The van der Waals surface area contributed by atoms with Crippen molar-refractivity contribution in [2.75, 3.05) is 18.4 Å². The lowest BCUT2D eigenvalue weighted by molar-refractivity contribution is 0.132. The van der Waals surface area contributed by atoms with Gasteiger partial charge >= 0.3 is 6.09 Å². The monoisotopic (exact) mass is 257 g/mol. The first-order chi connectivity index (χ1) is 8.15. The number of rotatable bonds is 2. The topological polar surface area (TPSA) is 91.2 Å².